The molecule has 0 radical (unpaired) electrons. The van der Waals surface area contributed by atoms with Gasteiger partial charge in [0, 0.05) is 25.4 Å². The van der Waals surface area contributed by atoms with E-state index in [0.717, 1.165) is 6.42 Å². The molecule has 0 N–H and O–H groups in total. The monoisotopic (exact) mass is 267 g/mol. The van der Waals surface area contributed by atoms with Crippen LogP contribution in [0, 0.1) is 0 Å². The van der Waals surface area contributed by atoms with Gasteiger partial charge < -0.3 is 14.4 Å². The lowest BCUT2D eigenvalue weighted by Gasteiger charge is -2.24. The molecule has 0 aromatic carbocycles. The topological polar surface area (TPSA) is 56.6 Å². The number of likely N-dealkylation sites (tertiary alicyclic amines) is 1. The van der Waals surface area contributed by atoms with Crippen LogP contribution in [-0.2, 0) is 4.74 Å². The van der Waals surface area contributed by atoms with E-state index in [-0.39, 0.29) is 12.1 Å². The van der Waals surface area contributed by atoms with Crippen LogP contribution >= 0.6 is 0 Å². The molecule has 1 saturated heterocycles. The summed E-state index contributed by atoms with van der Waals surface area (Å²) in [5.74, 6) is 0.593. The molecule has 1 atom stereocenters. The van der Waals surface area contributed by atoms with Crippen LogP contribution in [0.5, 0.6) is 5.88 Å². The second kappa shape index (κ2) is 5.11. The van der Waals surface area contributed by atoms with E-state index in [2.05, 4.69) is 5.10 Å². The quantitative estimate of drug-likeness (QED) is 0.823. The fourth-order valence-corrected chi connectivity index (χ4v) is 2.08. The van der Waals surface area contributed by atoms with Crippen molar-refractivity contribution in [2.24, 2.45) is 0 Å². The van der Waals surface area contributed by atoms with Crippen LogP contribution in [0.3, 0.4) is 0 Å². The van der Waals surface area contributed by atoms with E-state index in [0.29, 0.717) is 19.0 Å². The predicted octanol–water partition coefficient (Wildman–Crippen LogP) is 2.07. The van der Waals surface area contributed by atoms with Gasteiger partial charge in [-0.3, -0.25) is 4.68 Å². The molecule has 0 unspecified atom stereocenters. The normalized spacial score (nSPS) is 19.6. The largest absolute Gasteiger partial charge is 0.480 e. The summed E-state index contributed by atoms with van der Waals surface area (Å²) in [7, 11) is 1.59. The van der Waals surface area contributed by atoms with Gasteiger partial charge in [-0.25, -0.2) is 4.79 Å². The minimum Gasteiger partial charge on any atom is -0.480 e. The zero-order chi connectivity index (χ0) is 14.0. The first-order chi connectivity index (χ1) is 8.89. The van der Waals surface area contributed by atoms with Crippen LogP contribution in [0.2, 0.25) is 0 Å². The van der Waals surface area contributed by atoms with E-state index in [1.54, 1.807) is 12.0 Å². The smallest absolute Gasteiger partial charge is 0.410 e. The maximum Gasteiger partial charge on any atom is 0.410 e. The average molecular weight is 267 g/mol. The van der Waals surface area contributed by atoms with E-state index in [9.17, 15) is 4.79 Å². The molecule has 2 rings (SSSR count). The van der Waals surface area contributed by atoms with Gasteiger partial charge in [0.2, 0.25) is 5.88 Å². The Morgan fingerprint density at radius 1 is 1.47 bits per heavy atom. The van der Waals surface area contributed by atoms with Crippen LogP contribution in [0.4, 0.5) is 4.79 Å². The fraction of sp³-hybridized carbons (Fsp3) is 0.692. The van der Waals surface area contributed by atoms with Gasteiger partial charge in [0.1, 0.15) is 5.60 Å². The molecule has 0 spiro atoms. The van der Waals surface area contributed by atoms with Crippen LogP contribution < -0.4 is 4.74 Å². The van der Waals surface area contributed by atoms with Gasteiger partial charge in [-0.2, -0.15) is 0 Å². The molecule has 6 heteroatoms. The molecule has 0 aliphatic carbocycles. The molecule has 1 aliphatic heterocycles. The van der Waals surface area contributed by atoms with Gasteiger partial charge in [-0.1, -0.05) is 0 Å². The van der Waals surface area contributed by atoms with Crippen molar-refractivity contribution in [3.8, 4) is 5.88 Å². The molecule has 1 fully saturated rings. The highest BCUT2D eigenvalue weighted by Crippen LogP contribution is 2.24. The number of hydrogen-bond acceptors (Lipinski definition) is 4. The van der Waals surface area contributed by atoms with Gasteiger partial charge in [-0.05, 0) is 27.2 Å². The number of carbonyl (C=O) groups is 1. The third-order valence-electron chi connectivity index (χ3n) is 2.98. The standard InChI is InChI=1S/C13H21N3O3/c1-13(2,3)19-12(17)15-7-5-10(9-15)16-8-6-11(14-16)18-4/h6,8,10H,5,7,9H2,1-4H3/t10-/m1/s1. The minimum absolute atomic E-state index is 0.191. The summed E-state index contributed by atoms with van der Waals surface area (Å²) in [4.78, 5) is 13.7. The molecule has 1 aliphatic rings. The van der Waals surface area contributed by atoms with Crippen molar-refractivity contribution in [1.29, 1.82) is 0 Å². The third kappa shape index (κ3) is 3.39. The van der Waals surface area contributed by atoms with E-state index < -0.39 is 5.60 Å². The molecule has 6 nitrogen and oxygen atoms in total. The summed E-state index contributed by atoms with van der Waals surface area (Å²) >= 11 is 0. The van der Waals surface area contributed by atoms with Crippen molar-refractivity contribution in [3.63, 3.8) is 0 Å². The second-order valence-corrected chi connectivity index (χ2v) is 5.71. The van der Waals surface area contributed by atoms with Crippen LogP contribution in [0.1, 0.15) is 33.2 Å². The summed E-state index contributed by atoms with van der Waals surface area (Å²) in [6.45, 7) is 6.94. The molecule has 1 amide bonds. The molecule has 106 valence electrons. The van der Waals surface area contributed by atoms with Crippen LogP contribution in [0.25, 0.3) is 0 Å². The molecule has 1 aromatic heterocycles. The van der Waals surface area contributed by atoms with Crippen molar-refractivity contribution in [3.05, 3.63) is 12.3 Å². The van der Waals surface area contributed by atoms with Gasteiger partial charge in [-0.15, -0.1) is 5.10 Å². The number of hydrogen-bond donors (Lipinski definition) is 0. The lowest BCUT2D eigenvalue weighted by molar-refractivity contribution is 0.0288. The van der Waals surface area contributed by atoms with E-state index >= 15 is 0 Å². The number of ether oxygens (including phenoxy) is 2. The Bertz CT molecular complexity index is 450. The molecular formula is C13H21N3O3. The first-order valence-electron chi connectivity index (χ1n) is 6.46. The van der Waals surface area contributed by atoms with E-state index in [1.807, 2.05) is 37.7 Å². The Kier molecular flexibility index (Phi) is 3.68. The number of nitrogens with zero attached hydrogens (tertiary/aromatic N) is 3. The number of amides is 1. The summed E-state index contributed by atoms with van der Waals surface area (Å²) in [5.41, 5.74) is -0.454. The Hall–Kier alpha value is -1.72. The molecule has 19 heavy (non-hydrogen) atoms. The highest BCUT2D eigenvalue weighted by atomic mass is 16.6. The van der Waals surface area contributed by atoms with Crippen molar-refractivity contribution >= 4 is 6.09 Å². The Balaban J connectivity index is 1.94. The third-order valence-corrected chi connectivity index (χ3v) is 2.98. The van der Waals surface area contributed by atoms with E-state index in [4.69, 9.17) is 9.47 Å². The maximum atomic E-state index is 11.9. The van der Waals surface area contributed by atoms with Gasteiger partial charge in [0.25, 0.3) is 0 Å². The first-order valence-corrected chi connectivity index (χ1v) is 6.46. The number of carbonyl (C=O) groups excluding carboxylic acids is 1. The first kappa shape index (κ1) is 13.7. The molecule has 0 saturated carbocycles. The number of rotatable bonds is 2. The van der Waals surface area contributed by atoms with Crippen molar-refractivity contribution in [2.45, 2.75) is 38.8 Å². The lowest BCUT2D eigenvalue weighted by Crippen LogP contribution is -2.35. The molecule has 2 heterocycles. The highest BCUT2D eigenvalue weighted by Gasteiger charge is 2.31. The molecule has 1 aromatic rings. The van der Waals surface area contributed by atoms with Gasteiger partial charge in [0.15, 0.2) is 0 Å². The summed E-state index contributed by atoms with van der Waals surface area (Å²) in [6.07, 6.45) is 2.50. The van der Waals surface area contributed by atoms with Crippen LogP contribution in [-0.4, -0.2) is 46.6 Å². The fourth-order valence-electron chi connectivity index (χ4n) is 2.08. The molecular weight excluding hydrogens is 246 g/mol. The summed E-state index contributed by atoms with van der Waals surface area (Å²) in [6, 6.07) is 2.01. The number of aromatic nitrogens is 2. The molecule has 0 bridgehead atoms. The van der Waals surface area contributed by atoms with Crippen molar-refractivity contribution in [1.82, 2.24) is 14.7 Å². The minimum atomic E-state index is -0.454. The number of methoxy groups -OCH3 is 1. The zero-order valence-electron chi connectivity index (χ0n) is 11.9. The van der Waals surface area contributed by atoms with Gasteiger partial charge >= 0.3 is 6.09 Å². The predicted molar refractivity (Wildman–Crippen MR) is 70.2 cm³/mol. The van der Waals surface area contributed by atoms with Crippen molar-refractivity contribution in [2.75, 3.05) is 20.2 Å². The lowest BCUT2D eigenvalue weighted by atomic mass is 10.2. The highest BCUT2D eigenvalue weighted by molar-refractivity contribution is 5.68. The maximum absolute atomic E-state index is 11.9. The Labute approximate surface area is 113 Å². The SMILES string of the molecule is COc1ccn([C@@H]2CCN(C(=O)OC(C)(C)C)C2)n1. The van der Waals surface area contributed by atoms with Crippen molar-refractivity contribution < 1.29 is 14.3 Å². The summed E-state index contributed by atoms with van der Waals surface area (Å²) < 4.78 is 12.3. The van der Waals surface area contributed by atoms with Gasteiger partial charge in [0.05, 0.1) is 13.2 Å². The van der Waals surface area contributed by atoms with E-state index in [1.165, 1.54) is 0 Å². The second-order valence-electron chi connectivity index (χ2n) is 5.71. The Morgan fingerprint density at radius 3 is 2.79 bits per heavy atom. The Morgan fingerprint density at radius 2 is 2.21 bits per heavy atom. The summed E-state index contributed by atoms with van der Waals surface area (Å²) in [5, 5.41) is 4.29. The van der Waals surface area contributed by atoms with Crippen LogP contribution in [0.15, 0.2) is 12.3 Å². The zero-order valence-corrected chi connectivity index (χ0v) is 11.9. The average Bonchev–Trinajstić information content (AvgIpc) is 2.95.